The van der Waals surface area contributed by atoms with Gasteiger partial charge in [-0.05, 0) is 88.8 Å². The summed E-state index contributed by atoms with van der Waals surface area (Å²) in [5, 5.41) is 3.42. The number of piperidine rings is 2. The first-order chi connectivity index (χ1) is 11.6. The van der Waals surface area contributed by atoms with Gasteiger partial charge in [0.15, 0.2) is 0 Å². The van der Waals surface area contributed by atoms with E-state index in [0.29, 0.717) is 0 Å². The second kappa shape index (κ2) is 9.57. The van der Waals surface area contributed by atoms with Crippen molar-refractivity contribution < 1.29 is 0 Å². The average Bonchev–Trinajstić information content (AvgIpc) is 3.25. The second-order valence-corrected chi connectivity index (χ2v) is 9.13. The molecule has 0 aromatic heterocycles. The van der Waals surface area contributed by atoms with Crippen molar-refractivity contribution in [1.29, 1.82) is 0 Å². The molecule has 0 aromatic carbocycles. The third-order valence-corrected chi connectivity index (χ3v) is 7.01. The lowest BCUT2D eigenvalue weighted by Gasteiger charge is -2.37. The van der Waals surface area contributed by atoms with E-state index in [4.69, 9.17) is 0 Å². The standard InChI is InChI=1S/C13H25N.C7H13N.C2H6/c1-11(2)14-8-6-13(7-9-14)10-12-4-3-5-12;1-7-4-6(7)2-3-8-5-7;1-2/h11-13H,3-10H2,1-2H3;6,8H,2-5H2,1H3;1-2H3. The minimum atomic E-state index is 0.734. The Kier molecular flexibility index (Phi) is 8.07. The smallest absolute Gasteiger partial charge is 0.00385 e. The summed E-state index contributed by atoms with van der Waals surface area (Å²) in [5.74, 6) is 3.27. The van der Waals surface area contributed by atoms with Gasteiger partial charge in [-0.1, -0.05) is 40.0 Å². The number of nitrogens with one attached hydrogen (secondary N) is 1. The molecule has 4 rings (SSSR count). The van der Waals surface area contributed by atoms with Crippen molar-refractivity contribution in [2.75, 3.05) is 26.2 Å². The quantitative estimate of drug-likeness (QED) is 0.749. The number of fused-ring (bicyclic) bond motifs is 1. The van der Waals surface area contributed by atoms with Crippen LogP contribution in [0.5, 0.6) is 0 Å². The van der Waals surface area contributed by atoms with Gasteiger partial charge in [-0.3, -0.25) is 0 Å². The lowest BCUT2D eigenvalue weighted by molar-refractivity contribution is 0.124. The van der Waals surface area contributed by atoms with Crippen LogP contribution in [0.1, 0.15) is 86.0 Å². The third kappa shape index (κ3) is 5.73. The minimum absolute atomic E-state index is 0.734. The normalized spacial score (nSPS) is 33.5. The van der Waals surface area contributed by atoms with Crippen LogP contribution in [0.25, 0.3) is 0 Å². The van der Waals surface area contributed by atoms with E-state index in [0.717, 1.165) is 29.2 Å². The van der Waals surface area contributed by atoms with Crippen molar-refractivity contribution in [3.05, 3.63) is 0 Å². The molecule has 2 saturated carbocycles. The molecule has 2 aliphatic heterocycles. The topological polar surface area (TPSA) is 15.3 Å². The summed E-state index contributed by atoms with van der Waals surface area (Å²) in [6.07, 6.45) is 12.0. The van der Waals surface area contributed by atoms with Crippen molar-refractivity contribution >= 4 is 0 Å². The molecule has 0 spiro atoms. The number of likely N-dealkylation sites (tertiary alicyclic amines) is 1. The van der Waals surface area contributed by atoms with E-state index in [1.54, 1.807) is 6.42 Å². The summed E-state index contributed by atoms with van der Waals surface area (Å²) in [4.78, 5) is 2.64. The summed E-state index contributed by atoms with van der Waals surface area (Å²) in [5.41, 5.74) is 0.734. The Morgan fingerprint density at radius 1 is 1.00 bits per heavy atom. The van der Waals surface area contributed by atoms with Crippen molar-refractivity contribution in [1.82, 2.24) is 10.2 Å². The Morgan fingerprint density at radius 3 is 2.04 bits per heavy atom. The van der Waals surface area contributed by atoms with E-state index >= 15 is 0 Å². The maximum Gasteiger partial charge on any atom is 0.00385 e. The molecular weight excluding hydrogens is 292 g/mol. The maximum atomic E-state index is 3.42. The molecule has 2 heteroatoms. The second-order valence-electron chi connectivity index (χ2n) is 9.13. The Bertz CT molecular complexity index is 340. The molecule has 2 heterocycles. The van der Waals surface area contributed by atoms with Crippen molar-refractivity contribution in [3.63, 3.8) is 0 Å². The van der Waals surface area contributed by atoms with Crippen LogP contribution in [-0.4, -0.2) is 37.1 Å². The average molecular weight is 337 g/mol. The third-order valence-electron chi connectivity index (χ3n) is 7.01. The van der Waals surface area contributed by atoms with Crippen LogP contribution in [0.15, 0.2) is 0 Å². The minimum Gasteiger partial charge on any atom is -0.316 e. The van der Waals surface area contributed by atoms with Crippen molar-refractivity contribution in [2.24, 2.45) is 23.2 Å². The van der Waals surface area contributed by atoms with Gasteiger partial charge in [0.25, 0.3) is 0 Å². The molecule has 2 nitrogen and oxygen atoms in total. The van der Waals surface area contributed by atoms with E-state index in [1.165, 1.54) is 71.1 Å². The Morgan fingerprint density at radius 2 is 1.62 bits per heavy atom. The zero-order valence-electron chi connectivity index (χ0n) is 17.2. The number of rotatable bonds is 3. The Hall–Kier alpha value is -0.0800. The van der Waals surface area contributed by atoms with Gasteiger partial charge < -0.3 is 10.2 Å². The summed E-state index contributed by atoms with van der Waals surface area (Å²) in [7, 11) is 0. The maximum absolute atomic E-state index is 3.42. The van der Waals surface area contributed by atoms with E-state index < -0.39 is 0 Å². The highest BCUT2D eigenvalue weighted by Gasteiger charge is 2.50. The first kappa shape index (κ1) is 20.2. The predicted octanol–water partition coefficient (Wildman–Crippen LogP) is 5.33. The lowest BCUT2D eigenvalue weighted by atomic mass is 9.76. The highest BCUT2D eigenvalue weighted by Crippen LogP contribution is 2.54. The first-order valence-electron chi connectivity index (χ1n) is 11.0. The summed E-state index contributed by atoms with van der Waals surface area (Å²) >= 11 is 0. The van der Waals surface area contributed by atoms with Gasteiger partial charge in [-0.25, -0.2) is 0 Å². The van der Waals surface area contributed by atoms with E-state index in [-0.39, 0.29) is 0 Å². The van der Waals surface area contributed by atoms with Gasteiger partial charge in [0.05, 0.1) is 0 Å². The van der Waals surface area contributed by atoms with Gasteiger partial charge in [0.2, 0.25) is 0 Å². The molecule has 0 amide bonds. The van der Waals surface area contributed by atoms with Crippen LogP contribution in [-0.2, 0) is 0 Å². The summed E-state index contributed by atoms with van der Waals surface area (Å²) < 4.78 is 0. The SMILES string of the molecule is CC.CC(C)N1CCC(CC2CCC2)CC1.CC12CNCCC1C2. The van der Waals surface area contributed by atoms with Gasteiger partial charge in [0, 0.05) is 12.6 Å². The Labute approximate surface area is 152 Å². The van der Waals surface area contributed by atoms with Gasteiger partial charge in [0.1, 0.15) is 0 Å². The lowest BCUT2D eigenvalue weighted by Crippen LogP contribution is -2.39. The molecule has 1 N–H and O–H groups in total. The van der Waals surface area contributed by atoms with Gasteiger partial charge >= 0.3 is 0 Å². The van der Waals surface area contributed by atoms with E-state index in [2.05, 4.69) is 31.0 Å². The zero-order valence-corrected chi connectivity index (χ0v) is 17.2. The molecule has 0 radical (unpaired) electrons. The van der Waals surface area contributed by atoms with Crippen LogP contribution in [0.4, 0.5) is 0 Å². The van der Waals surface area contributed by atoms with Crippen LogP contribution >= 0.6 is 0 Å². The van der Waals surface area contributed by atoms with Crippen LogP contribution in [0.2, 0.25) is 0 Å². The first-order valence-corrected chi connectivity index (χ1v) is 11.0. The fraction of sp³-hybridized carbons (Fsp3) is 1.00. The van der Waals surface area contributed by atoms with Crippen LogP contribution < -0.4 is 5.32 Å². The highest BCUT2D eigenvalue weighted by atomic mass is 15.1. The molecular formula is C22H44N2. The number of nitrogens with zero attached hydrogens (tertiary/aromatic N) is 1. The monoisotopic (exact) mass is 336 g/mol. The van der Waals surface area contributed by atoms with Crippen LogP contribution in [0.3, 0.4) is 0 Å². The molecule has 4 fully saturated rings. The summed E-state index contributed by atoms with van der Waals surface area (Å²) in [6, 6.07) is 0.764. The number of hydrogen-bond donors (Lipinski definition) is 1. The molecule has 4 aliphatic rings. The molecule has 2 unspecified atom stereocenters. The molecule has 2 aliphatic carbocycles. The Balaban J connectivity index is 0.000000176. The fourth-order valence-electron chi connectivity index (χ4n) is 4.73. The van der Waals surface area contributed by atoms with E-state index in [1.807, 2.05) is 13.8 Å². The van der Waals surface area contributed by atoms with Gasteiger partial charge in [-0.15, -0.1) is 0 Å². The number of hydrogen-bond acceptors (Lipinski definition) is 2. The molecule has 24 heavy (non-hydrogen) atoms. The molecule has 2 saturated heterocycles. The zero-order chi connectivity index (χ0) is 17.6. The van der Waals surface area contributed by atoms with Crippen molar-refractivity contribution in [3.8, 4) is 0 Å². The fourth-order valence-corrected chi connectivity index (χ4v) is 4.73. The van der Waals surface area contributed by atoms with Crippen molar-refractivity contribution in [2.45, 2.75) is 92.0 Å². The summed E-state index contributed by atoms with van der Waals surface area (Å²) in [6.45, 7) is 16.3. The molecule has 2 atom stereocenters. The largest absolute Gasteiger partial charge is 0.316 e. The predicted molar refractivity (Wildman–Crippen MR) is 106 cm³/mol. The molecule has 0 bridgehead atoms. The molecule has 142 valence electrons. The van der Waals surface area contributed by atoms with Crippen LogP contribution in [0, 0.1) is 23.2 Å². The highest BCUT2D eigenvalue weighted by molar-refractivity contribution is 5.02. The van der Waals surface area contributed by atoms with E-state index in [9.17, 15) is 0 Å². The van der Waals surface area contributed by atoms with Gasteiger partial charge in [-0.2, -0.15) is 0 Å². The molecule has 0 aromatic rings.